The first-order chi connectivity index (χ1) is 8.99. The molecule has 0 aliphatic heterocycles. The zero-order valence-electron chi connectivity index (χ0n) is 12.5. The van der Waals surface area contributed by atoms with Gasteiger partial charge in [0.15, 0.2) is 0 Å². The Morgan fingerprint density at radius 3 is 2.68 bits per heavy atom. The Balaban J connectivity index is 2.57. The second-order valence-corrected chi connectivity index (χ2v) is 8.00. The lowest BCUT2D eigenvalue weighted by Gasteiger charge is -2.34. The van der Waals surface area contributed by atoms with Crippen molar-refractivity contribution in [2.75, 3.05) is 26.5 Å². The van der Waals surface area contributed by atoms with Gasteiger partial charge in [-0.05, 0) is 44.6 Å². The molecule has 114 valence electrons. The molecule has 0 aromatic heterocycles. The molecule has 1 fully saturated rings. The van der Waals surface area contributed by atoms with Crippen LogP contribution < -0.4 is 5.32 Å². The van der Waals surface area contributed by atoms with Gasteiger partial charge in [-0.2, -0.15) is 0 Å². The molecule has 4 nitrogen and oxygen atoms in total. The summed E-state index contributed by atoms with van der Waals surface area (Å²) in [6.45, 7) is 3.84. The third-order valence-corrected chi connectivity index (χ3v) is 5.81. The third-order valence-electron chi connectivity index (χ3n) is 4.17. The van der Waals surface area contributed by atoms with Gasteiger partial charge in [-0.25, -0.2) is 8.42 Å². The maximum atomic E-state index is 11.7. The van der Waals surface area contributed by atoms with Gasteiger partial charge in [-0.1, -0.05) is 13.3 Å². The largest absolute Gasteiger partial charge is 0.385 e. The van der Waals surface area contributed by atoms with E-state index in [0.29, 0.717) is 12.0 Å². The summed E-state index contributed by atoms with van der Waals surface area (Å²) in [6.07, 6.45) is 7.34. The topological polar surface area (TPSA) is 55.4 Å². The second-order valence-electron chi connectivity index (χ2n) is 5.68. The molecule has 0 saturated heterocycles. The van der Waals surface area contributed by atoms with Crippen LogP contribution in [0.5, 0.6) is 0 Å². The van der Waals surface area contributed by atoms with E-state index in [1.807, 2.05) is 0 Å². The molecule has 0 aromatic carbocycles. The van der Waals surface area contributed by atoms with Crippen LogP contribution in [0.4, 0.5) is 0 Å². The molecular weight excluding hydrogens is 262 g/mol. The summed E-state index contributed by atoms with van der Waals surface area (Å²) in [4.78, 5) is 0. The van der Waals surface area contributed by atoms with Crippen LogP contribution in [0, 0.1) is 5.92 Å². The summed E-state index contributed by atoms with van der Waals surface area (Å²) in [6, 6.07) is 0.435. The first-order valence-electron chi connectivity index (χ1n) is 7.40. The van der Waals surface area contributed by atoms with Gasteiger partial charge in [0.2, 0.25) is 0 Å². The molecule has 1 N–H and O–H groups in total. The lowest BCUT2D eigenvalue weighted by atomic mass is 9.82. The van der Waals surface area contributed by atoms with E-state index < -0.39 is 9.84 Å². The fourth-order valence-corrected chi connectivity index (χ4v) is 4.34. The second kappa shape index (κ2) is 8.22. The number of methoxy groups -OCH3 is 1. The van der Waals surface area contributed by atoms with Crippen molar-refractivity contribution in [1.29, 1.82) is 0 Å². The maximum absolute atomic E-state index is 11.7. The number of hydrogen-bond acceptors (Lipinski definition) is 4. The van der Waals surface area contributed by atoms with Crippen LogP contribution in [0.3, 0.4) is 0 Å². The van der Waals surface area contributed by atoms with Crippen LogP contribution in [0.1, 0.15) is 45.4 Å². The van der Waals surface area contributed by atoms with Gasteiger partial charge in [0.05, 0.1) is 5.25 Å². The Kier molecular flexibility index (Phi) is 7.32. The smallest absolute Gasteiger partial charge is 0.150 e. The molecule has 0 radical (unpaired) electrons. The van der Waals surface area contributed by atoms with Crippen molar-refractivity contribution in [1.82, 2.24) is 5.32 Å². The molecule has 0 spiro atoms. The van der Waals surface area contributed by atoms with E-state index in [-0.39, 0.29) is 5.25 Å². The highest BCUT2D eigenvalue weighted by molar-refractivity contribution is 7.91. The molecule has 0 heterocycles. The van der Waals surface area contributed by atoms with Crippen molar-refractivity contribution >= 4 is 9.84 Å². The van der Waals surface area contributed by atoms with E-state index in [4.69, 9.17) is 4.74 Å². The van der Waals surface area contributed by atoms with Gasteiger partial charge in [0, 0.05) is 26.0 Å². The van der Waals surface area contributed by atoms with E-state index in [1.165, 1.54) is 6.26 Å². The normalized spacial score (nSPS) is 26.3. The third kappa shape index (κ3) is 5.79. The van der Waals surface area contributed by atoms with Gasteiger partial charge in [-0.15, -0.1) is 0 Å². The van der Waals surface area contributed by atoms with Crippen LogP contribution in [0.15, 0.2) is 0 Å². The van der Waals surface area contributed by atoms with Crippen LogP contribution in [-0.2, 0) is 14.6 Å². The summed E-state index contributed by atoms with van der Waals surface area (Å²) >= 11 is 0. The SMILES string of the molecule is CCNC(CCCOC)C1CCCC(S(C)(=O)=O)C1. The molecule has 0 amide bonds. The summed E-state index contributed by atoms with van der Waals surface area (Å²) < 4.78 is 28.6. The van der Waals surface area contributed by atoms with Crippen molar-refractivity contribution in [3.05, 3.63) is 0 Å². The molecule has 5 heteroatoms. The minimum atomic E-state index is -2.88. The standard InChI is InChI=1S/C14H29NO3S/c1-4-15-14(9-6-10-18-2)12-7-5-8-13(11-12)19(3,16)17/h12-15H,4-11H2,1-3H3. The molecule has 0 bridgehead atoms. The first kappa shape index (κ1) is 16.9. The lowest BCUT2D eigenvalue weighted by Crippen LogP contribution is -2.41. The Labute approximate surface area is 118 Å². The minimum absolute atomic E-state index is 0.130. The predicted octanol–water partition coefficient (Wildman–Crippen LogP) is 1.99. The molecule has 0 aromatic rings. The highest BCUT2D eigenvalue weighted by Gasteiger charge is 2.32. The monoisotopic (exact) mass is 291 g/mol. The minimum Gasteiger partial charge on any atom is -0.385 e. The Morgan fingerprint density at radius 1 is 1.37 bits per heavy atom. The van der Waals surface area contributed by atoms with E-state index in [9.17, 15) is 8.42 Å². The number of sulfone groups is 1. The molecule has 1 saturated carbocycles. The van der Waals surface area contributed by atoms with E-state index in [1.54, 1.807) is 7.11 Å². The predicted molar refractivity (Wildman–Crippen MR) is 79.2 cm³/mol. The van der Waals surface area contributed by atoms with Gasteiger partial charge < -0.3 is 10.1 Å². The quantitative estimate of drug-likeness (QED) is 0.695. The lowest BCUT2D eigenvalue weighted by molar-refractivity contribution is 0.178. The van der Waals surface area contributed by atoms with Crippen LogP contribution in [0.2, 0.25) is 0 Å². The molecule has 3 atom stereocenters. The Bertz CT molecular complexity index is 343. The Hall–Kier alpha value is -0.130. The average molecular weight is 291 g/mol. The molecule has 19 heavy (non-hydrogen) atoms. The Morgan fingerprint density at radius 2 is 2.11 bits per heavy atom. The number of ether oxygens (including phenoxy) is 1. The fraction of sp³-hybridized carbons (Fsp3) is 1.00. The van der Waals surface area contributed by atoms with E-state index in [2.05, 4.69) is 12.2 Å². The van der Waals surface area contributed by atoms with Crippen LogP contribution in [-0.4, -0.2) is 46.2 Å². The average Bonchev–Trinajstić information content (AvgIpc) is 2.37. The first-order valence-corrected chi connectivity index (χ1v) is 9.35. The van der Waals surface area contributed by atoms with Crippen molar-refractivity contribution in [2.45, 2.75) is 56.7 Å². The summed E-state index contributed by atoms with van der Waals surface area (Å²) in [5.41, 5.74) is 0. The summed E-state index contributed by atoms with van der Waals surface area (Å²) in [5, 5.41) is 3.40. The van der Waals surface area contributed by atoms with Crippen molar-refractivity contribution < 1.29 is 13.2 Å². The number of nitrogens with one attached hydrogen (secondary N) is 1. The van der Waals surface area contributed by atoms with Gasteiger partial charge in [0.25, 0.3) is 0 Å². The van der Waals surface area contributed by atoms with Gasteiger partial charge >= 0.3 is 0 Å². The summed E-state index contributed by atoms with van der Waals surface area (Å²) in [7, 11) is -1.16. The fourth-order valence-electron chi connectivity index (χ4n) is 3.15. The highest BCUT2D eigenvalue weighted by atomic mass is 32.2. The molecule has 1 rings (SSSR count). The highest BCUT2D eigenvalue weighted by Crippen LogP contribution is 2.32. The van der Waals surface area contributed by atoms with Crippen LogP contribution >= 0.6 is 0 Å². The van der Waals surface area contributed by atoms with Crippen molar-refractivity contribution in [3.63, 3.8) is 0 Å². The zero-order chi connectivity index (χ0) is 14.3. The van der Waals surface area contributed by atoms with E-state index >= 15 is 0 Å². The zero-order valence-corrected chi connectivity index (χ0v) is 13.3. The molecular formula is C14H29NO3S. The van der Waals surface area contributed by atoms with Crippen molar-refractivity contribution in [3.8, 4) is 0 Å². The summed E-state index contributed by atoms with van der Waals surface area (Å²) in [5.74, 6) is 0.491. The molecule has 1 aliphatic rings. The van der Waals surface area contributed by atoms with Crippen molar-refractivity contribution in [2.24, 2.45) is 5.92 Å². The van der Waals surface area contributed by atoms with Crippen LogP contribution in [0.25, 0.3) is 0 Å². The number of rotatable bonds is 8. The number of hydrogen-bond donors (Lipinski definition) is 1. The maximum Gasteiger partial charge on any atom is 0.150 e. The molecule has 1 aliphatic carbocycles. The molecule has 3 unspecified atom stereocenters. The van der Waals surface area contributed by atoms with Gasteiger partial charge in [0.1, 0.15) is 9.84 Å². The van der Waals surface area contributed by atoms with E-state index in [0.717, 1.165) is 51.7 Å². The van der Waals surface area contributed by atoms with Gasteiger partial charge in [-0.3, -0.25) is 0 Å².